The van der Waals surface area contributed by atoms with E-state index >= 15 is 0 Å². The zero-order valence-electron chi connectivity index (χ0n) is 19.1. The average Bonchev–Trinajstić information content (AvgIpc) is 3.03. The number of hydrogen-bond acceptors (Lipinski definition) is 5. The van der Waals surface area contributed by atoms with Gasteiger partial charge in [0.15, 0.2) is 5.96 Å². The van der Waals surface area contributed by atoms with E-state index < -0.39 is 0 Å². The van der Waals surface area contributed by atoms with E-state index in [4.69, 9.17) is 4.42 Å². The van der Waals surface area contributed by atoms with Crippen LogP contribution in [0.1, 0.15) is 62.8 Å². The Morgan fingerprint density at radius 3 is 2.63 bits per heavy atom. The summed E-state index contributed by atoms with van der Waals surface area (Å²) in [6.45, 7) is 10.3. The molecule has 0 radical (unpaired) electrons. The van der Waals surface area contributed by atoms with Gasteiger partial charge in [-0.3, -0.25) is 9.89 Å². The lowest BCUT2D eigenvalue weighted by Crippen LogP contribution is -2.47. The van der Waals surface area contributed by atoms with Crippen LogP contribution < -0.4 is 10.6 Å². The molecule has 1 aromatic heterocycles. The number of aromatic nitrogens is 1. The van der Waals surface area contributed by atoms with Gasteiger partial charge < -0.3 is 15.1 Å². The Hall–Kier alpha value is -0.480. The molecule has 6 nitrogen and oxygen atoms in total. The van der Waals surface area contributed by atoms with Gasteiger partial charge in [-0.2, -0.15) is 11.8 Å². The molecule has 3 rings (SSSR count). The van der Waals surface area contributed by atoms with Crippen molar-refractivity contribution in [3.63, 3.8) is 0 Å². The maximum Gasteiger partial charge on any atom is 0.208 e. The monoisotopic (exact) mass is 549 g/mol. The summed E-state index contributed by atoms with van der Waals surface area (Å²) >= 11 is 2.11. The van der Waals surface area contributed by atoms with Gasteiger partial charge >= 0.3 is 0 Å². The van der Waals surface area contributed by atoms with Crippen molar-refractivity contribution in [2.45, 2.75) is 77.1 Å². The van der Waals surface area contributed by atoms with Crippen LogP contribution in [0.4, 0.5) is 0 Å². The van der Waals surface area contributed by atoms with Crippen molar-refractivity contribution in [1.29, 1.82) is 0 Å². The summed E-state index contributed by atoms with van der Waals surface area (Å²) in [5.74, 6) is 4.69. The Balaban J connectivity index is 0.00000320. The van der Waals surface area contributed by atoms with Crippen LogP contribution in [0.15, 0.2) is 9.41 Å². The minimum absolute atomic E-state index is 0. The molecule has 8 heteroatoms. The number of oxazole rings is 1. The maximum atomic E-state index is 5.74. The number of aryl methyl sites for hydroxylation is 2. The van der Waals surface area contributed by atoms with Gasteiger partial charge in [-0.1, -0.05) is 13.3 Å². The van der Waals surface area contributed by atoms with Crippen molar-refractivity contribution < 1.29 is 4.42 Å². The summed E-state index contributed by atoms with van der Waals surface area (Å²) in [5, 5.41) is 8.08. The highest BCUT2D eigenvalue weighted by Crippen LogP contribution is 2.28. The van der Waals surface area contributed by atoms with E-state index in [9.17, 15) is 0 Å². The molecule has 1 aromatic rings. The van der Waals surface area contributed by atoms with Crippen molar-refractivity contribution in [3.8, 4) is 0 Å². The first-order chi connectivity index (χ1) is 14.1. The molecular formula is C22H40IN5OS. The fourth-order valence-electron chi connectivity index (χ4n) is 4.44. The number of rotatable bonds is 7. The molecule has 1 saturated heterocycles. The number of likely N-dealkylation sites (tertiary alicyclic amines) is 1. The van der Waals surface area contributed by atoms with E-state index in [1.54, 1.807) is 0 Å². The van der Waals surface area contributed by atoms with E-state index in [2.05, 4.69) is 44.2 Å². The second kappa shape index (κ2) is 13.2. The Bertz CT molecular complexity index is 638. The van der Waals surface area contributed by atoms with Gasteiger partial charge in [-0.15, -0.1) is 24.0 Å². The first kappa shape index (κ1) is 25.8. The van der Waals surface area contributed by atoms with Crippen molar-refractivity contribution in [3.05, 3.63) is 17.3 Å². The van der Waals surface area contributed by atoms with Crippen LogP contribution in [0.3, 0.4) is 0 Å². The lowest BCUT2D eigenvalue weighted by Gasteiger charge is -2.33. The van der Waals surface area contributed by atoms with Gasteiger partial charge in [0.1, 0.15) is 5.76 Å². The van der Waals surface area contributed by atoms with Gasteiger partial charge in [0.2, 0.25) is 5.89 Å². The molecule has 2 fully saturated rings. The fourth-order valence-corrected chi connectivity index (χ4v) is 5.61. The largest absolute Gasteiger partial charge is 0.444 e. The molecule has 2 unspecified atom stereocenters. The summed E-state index contributed by atoms with van der Waals surface area (Å²) < 4.78 is 5.74. The first-order valence-electron chi connectivity index (χ1n) is 11.3. The number of aliphatic imine (C=N–C) groups is 1. The van der Waals surface area contributed by atoms with E-state index in [1.165, 1.54) is 44.3 Å². The summed E-state index contributed by atoms with van der Waals surface area (Å²) in [6, 6.07) is 0.563. The molecule has 0 aromatic carbocycles. The topological polar surface area (TPSA) is 65.7 Å². The second-order valence-corrected chi connectivity index (χ2v) is 10.1. The predicted molar refractivity (Wildman–Crippen MR) is 138 cm³/mol. The van der Waals surface area contributed by atoms with Gasteiger partial charge in [0.25, 0.3) is 0 Å². The number of nitrogens with one attached hydrogen (secondary N) is 2. The third kappa shape index (κ3) is 7.89. The van der Waals surface area contributed by atoms with Crippen LogP contribution in [0.5, 0.6) is 0 Å². The van der Waals surface area contributed by atoms with Crippen molar-refractivity contribution in [2.24, 2.45) is 10.9 Å². The zero-order chi connectivity index (χ0) is 20.6. The van der Waals surface area contributed by atoms with E-state index in [0.717, 1.165) is 54.7 Å². The fraction of sp³-hybridized carbons (Fsp3) is 0.818. The van der Waals surface area contributed by atoms with Crippen LogP contribution in [0, 0.1) is 19.8 Å². The minimum Gasteiger partial charge on any atom is -0.444 e. The summed E-state index contributed by atoms with van der Waals surface area (Å²) in [7, 11) is 1.89. The third-order valence-corrected chi connectivity index (χ3v) is 7.52. The standard InChI is InChI=1S/C22H39N5OS.HI/c1-5-29-20-8-6-7-19(13-20)26-22(23-4)24-14-18-9-11-27(12-10-18)15-21-25-16(2)17(3)28-21;/h18-20H,5-15H2,1-4H3,(H2,23,24,26);1H. The number of hydrogen-bond donors (Lipinski definition) is 2. The highest BCUT2D eigenvalue weighted by Gasteiger charge is 2.24. The molecule has 0 spiro atoms. The van der Waals surface area contributed by atoms with E-state index in [0.29, 0.717) is 12.0 Å². The molecule has 1 saturated carbocycles. The molecule has 1 aliphatic carbocycles. The summed E-state index contributed by atoms with van der Waals surface area (Å²) in [5.41, 5.74) is 1.01. The SMILES string of the molecule is CCSC1CCCC(NC(=NC)NCC2CCN(Cc3nc(C)c(C)o3)CC2)C1.I. The lowest BCUT2D eigenvalue weighted by molar-refractivity contribution is 0.164. The first-order valence-corrected chi connectivity index (χ1v) is 12.4. The number of piperidine rings is 1. The number of thioether (sulfide) groups is 1. The minimum atomic E-state index is 0. The van der Waals surface area contributed by atoms with Crippen molar-refractivity contribution >= 4 is 41.7 Å². The molecule has 30 heavy (non-hydrogen) atoms. The Morgan fingerprint density at radius 2 is 2.00 bits per heavy atom. The molecule has 1 aliphatic heterocycles. The average molecular weight is 550 g/mol. The normalized spacial score (nSPS) is 23.8. The molecule has 0 amide bonds. The number of halogens is 1. The quantitative estimate of drug-likeness (QED) is 0.300. The van der Waals surface area contributed by atoms with Gasteiger partial charge in [-0.05, 0) is 70.7 Å². The van der Waals surface area contributed by atoms with E-state index in [-0.39, 0.29) is 24.0 Å². The van der Waals surface area contributed by atoms with Crippen molar-refractivity contribution in [1.82, 2.24) is 20.5 Å². The van der Waals surface area contributed by atoms with Crippen molar-refractivity contribution in [2.75, 3.05) is 32.4 Å². The molecule has 172 valence electrons. The van der Waals surface area contributed by atoms with Crippen LogP contribution in [-0.2, 0) is 6.54 Å². The summed E-state index contributed by atoms with van der Waals surface area (Å²) in [4.78, 5) is 11.5. The molecule has 2 heterocycles. The zero-order valence-corrected chi connectivity index (χ0v) is 22.2. The van der Waals surface area contributed by atoms with Crippen LogP contribution >= 0.6 is 35.7 Å². The maximum absolute atomic E-state index is 5.74. The Labute approximate surface area is 203 Å². The Kier molecular flexibility index (Phi) is 11.3. The Morgan fingerprint density at radius 1 is 1.23 bits per heavy atom. The highest BCUT2D eigenvalue weighted by atomic mass is 127. The highest BCUT2D eigenvalue weighted by molar-refractivity contribution is 14.0. The van der Waals surface area contributed by atoms with Crippen LogP contribution in [0.2, 0.25) is 0 Å². The van der Waals surface area contributed by atoms with Gasteiger partial charge in [0.05, 0.1) is 12.2 Å². The number of guanidine groups is 1. The second-order valence-electron chi connectivity index (χ2n) is 8.51. The number of nitrogens with zero attached hydrogens (tertiary/aromatic N) is 3. The predicted octanol–water partition coefficient (Wildman–Crippen LogP) is 4.35. The van der Waals surface area contributed by atoms with Gasteiger partial charge in [-0.25, -0.2) is 4.98 Å². The third-order valence-electron chi connectivity index (χ3n) is 6.29. The van der Waals surface area contributed by atoms with Crippen LogP contribution in [0.25, 0.3) is 0 Å². The van der Waals surface area contributed by atoms with Gasteiger partial charge in [0, 0.05) is 24.9 Å². The molecular weight excluding hydrogens is 509 g/mol. The smallest absolute Gasteiger partial charge is 0.208 e. The lowest BCUT2D eigenvalue weighted by atomic mass is 9.95. The summed E-state index contributed by atoms with van der Waals surface area (Å²) in [6.07, 6.45) is 7.64. The molecule has 0 bridgehead atoms. The van der Waals surface area contributed by atoms with Crippen LogP contribution in [-0.4, -0.2) is 59.6 Å². The molecule has 2 N–H and O–H groups in total. The molecule has 2 atom stereocenters. The molecule has 2 aliphatic rings. The van der Waals surface area contributed by atoms with E-state index in [1.807, 2.05) is 20.9 Å².